The maximum Gasteiger partial charge on any atom is 0.385 e. The highest BCUT2D eigenvalue weighted by atomic mass is 19.4. The van der Waals surface area contributed by atoms with Gasteiger partial charge in [-0.2, -0.15) is 52.7 Å². The number of rotatable bonds is 8. The molecule has 0 aliphatic heterocycles. The molecule has 0 aromatic heterocycles. The lowest BCUT2D eigenvalue weighted by atomic mass is 9.89. The summed E-state index contributed by atoms with van der Waals surface area (Å²) < 4.78 is 171. The molecule has 0 amide bonds. The lowest BCUT2D eigenvalue weighted by Crippen LogP contribution is -2.71. The van der Waals surface area contributed by atoms with Gasteiger partial charge in [0.2, 0.25) is 0 Å². The van der Waals surface area contributed by atoms with Crippen LogP contribution in [0.15, 0.2) is 11.6 Å². The zero-order valence-electron chi connectivity index (χ0n) is 12.9. The van der Waals surface area contributed by atoms with Crippen molar-refractivity contribution in [3.05, 3.63) is 11.6 Å². The first-order valence-corrected chi connectivity index (χ1v) is 6.36. The Morgan fingerprint density at radius 3 is 1.41 bits per heavy atom. The molecular formula is C12H9F13O2. The molecule has 0 aliphatic carbocycles. The highest BCUT2D eigenvalue weighted by Crippen LogP contribution is 2.60. The molecule has 2 nitrogen and oxygen atoms in total. The van der Waals surface area contributed by atoms with Gasteiger partial charge < -0.3 is 5.11 Å². The number of carboxylic acids is 1. The molecule has 27 heavy (non-hydrogen) atoms. The highest BCUT2D eigenvalue weighted by Gasteiger charge is 2.90. The first-order valence-electron chi connectivity index (χ1n) is 6.36. The molecule has 1 unspecified atom stereocenters. The van der Waals surface area contributed by atoms with Crippen LogP contribution in [0.3, 0.4) is 0 Å². The van der Waals surface area contributed by atoms with Crippen LogP contribution in [0.4, 0.5) is 57.1 Å². The Bertz CT molecular complexity index is 606. The monoisotopic (exact) mass is 432 g/mol. The second kappa shape index (κ2) is 6.72. The fourth-order valence-corrected chi connectivity index (χ4v) is 1.49. The average Bonchev–Trinajstić information content (AvgIpc) is 2.45. The second-order valence-electron chi connectivity index (χ2n) is 5.29. The number of allylic oxidation sites excluding steroid dienone is 1. The van der Waals surface area contributed by atoms with E-state index in [1.165, 1.54) is 0 Å². The smallest absolute Gasteiger partial charge is 0.385 e. The van der Waals surface area contributed by atoms with Crippen molar-refractivity contribution in [1.82, 2.24) is 0 Å². The SMILES string of the molecule is C/C(=C\C(F)(F)C(F)(F)C(F)(F)C(F)(F)C(F)(F)C(F)(F)C(C)F)C(=O)O. The maximum absolute atomic E-state index is 13.3. The maximum atomic E-state index is 13.3. The van der Waals surface area contributed by atoms with Crippen molar-refractivity contribution in [2.24, 2.45) is 0 Å². The molecule has 0 bridgehead atoms. The van der Waals surface area contributed by atoms with Crippen LogP contribution in [0.2, 0.25) is 0 Å². The quantitative estimate of drug-likeness (QED) is 0.424. The normalized spacial score (nSPS) is 17.1. The minimum atomic E-state index is -7.89. The minimum Gasteiger partial charge on any atom is -0.478 e. The van der Waals surface area contributed by atoms with E-state index in [9.17, 15) is 61.9 Å². The van der Waals surface area contributed by atoms with Crippen molar-refractivity contribution in [1.29, 1.82) is 0 Å². The van der Waals surface area contributed by atoms with Gasteiger partial charge in [-0.3, -0.25) is 0 Å². The molecule has 0 aromatic carbocycles. The van der Waals surface area contributed by atoms with E-state index in [2.05, 4.69) is 0 Å². The zero-order valence-corrected chi connectivity index (χ0v) is 12.9. The topological polar surface area (TPSA) is 37.3 Å². The Morgan fingerprint density at radius 2 is 1.11 bits per heavy atom. The predicted molar refractivity (Wildman–Crippen MR) is 61.6 cm³/mol. The third kappa shape index (κ3) is 3.56. The molecule has 1 N–H and O–H groups in total. The van der Waals surface area contributed by atoms with E-state index in [-0.39, 0.29) is 6.92 Å². The van der Waals surface area contributed by atoms with Crippen LogP contribution in [0.5, 0.6) is 0 Å². The summed E-state index contributed by atoms with van der Waals surface area (Å²) in [5, 5.41) is 8.23. The fraction of sp³-hybridized carbons (Fsp3) is 0.750. The average molecular weight is 432 g/mol. The van der Waals surface area contributed by atoms with Gasteiger partial charge in [0.05, 0.1) is 0 Å². The zero-order chi connectivity index (χ0) is 22.4. The molecule has 15 heteroatoms. The molecule has 0 heterocycles. The van der Waals surface area contributed by atoms with Gasteiger partial charge >= 0.3 is 41.5 Å². The number of halogens is 13. The molecule has 0 aliphatic rings. The molecule has 0 aromatic rings. The van der Waals surface area contributed by atoms with Gasteiger partial charge in [-0.05, 0) is 13.8 Å². The summed E-state index contributed by atoms with van der Waals surface area (Å²) in [6.45, 7) is -0.357. The Hall–Kier alpha value is -1.70. The van der Waals surface area contributed by atoms with Crippen molar-refractivity contribution in [3.63, 3.8) is 0 Å². The molecule has 0 radical (unpaired) electrons. The Labute approximate surface area is 141 Å². The van der Waals surface area contributed by atoms with E-state index in [0.29, 0.717) is 0 Å². The van der Waals surface area contributed by atoms with Gasteiger partial charge in [0, 0.05) is 11.6 Å². The number of aliphatic carboxylic acids is 1. The largest absolute Gasteiger partial charge is 0.478 e. The van der Waals surface area contributed by atoms with Crippen LogP contribution in [0.1, 0.15) is 13.8 Å². The number of hydrogen-bond donors (Lipinski definition) is 1. The summed E-state index contributed by atoms with van der Waals surface area (Å²) in [6, 6.07) is 0. The van der Waals surface area contributed by atoms with Gasteiger partial charge in [0.25, 0.3) is 0 Å². The molecular weight excluding hydrogens is 423 g/mol. The van der Waals surface area contributed by atoms with E-state index < -0.39 is 66.2 Å². The fourth-order valence-electron chi connectivity index (χ4n) is 1.49. The third-order valence-electron chi connectivity index (χ3n) is 3.25. The van der Waals surface area contributed by atoms with Gasteiger partial charge in [-0.25, -0.2) is 9.18 Å². The first kappa shape index (κ1) is 25.3. The summed E-state index contributed by atoms with van der Waals surface area (Å²) in [5.74, 6) is -46.3. The van der Waals surface area contributed by atoms with Gasteiger partial charge in [-0.1, -0.05) is 0 Å². The van der Waals surface area contributed by atoms with E-state index in [1.807, 2.05) is 0 Å². The van der Waals surface area contributed by atoms with Crippen LogP contribution < -0.4 is 0 Å². The Kier molecular flexibility index (Phi) is 6.30. The third-order valence-corrected chi connectivity index (χ3v) is 3.25. The second-order valence-corrected chi connectivity index (χ2v) is 5.29. The van der Waals surface area contributed by atoms with Crippen LogP contribution >= 0.6 is 0 Å². The number of hydrogen-bond acceptors (Lipinski definition) is 1. The van der Waals surface area contributed by atoms with Crippen molar-refractivity contribution >= 4 is 5.97 Å². The first-order chi connectivity index (χ1) is 11.5. The van der Waals surface area contributed by atoms with E-state index in [4.69, 9.17) is 5.11 Å². The summed E-state index contributed by atoms with van der Waals surface area (Å²) >= 11 is 0. The van der Waals surface area contributed by atoms with Crippen molar-refractivity contribution in [2.45, 2.75) is 55.6 Å². The van der Waals surface area contributed by atoms with Crippen LogP contribution in [-0.4, -0.2) is 52.8 Å². The number of carboxylic acid groups (broad SMARTS) is 1. The lowest BCUT2D eigenvalue weighted by Gasteiger charge is -2.41. The lowest BCUT2D eigenvalue weighted by molar-refractivity contribution is -0.424. The van der Waals surface area contributed by atoms with Gasteiger partial charge in [0.15, 0.2) is 6.17 Å². The number of alkyl halides is 13. The predicted octanol–water partition coefficient (Wildman–Crippen LogP) is 5.19. The molecule has 0 spiro atoms. The summed E-state index contributed by atoms with van der Waals surface area (Å²) in [6.07, 6.45) is -5.72. The van der Waals surface area contributed by atoms with Crippen LogP contribution in [0, 0.1) is 0 Å². The molecule has 0 saturated carbocycles. The van der Waals surface area contributed by atoms with Crippen molar-refractivity contribution in [2.75, 3.05) is 0 Å². The summed E-state index contributed by atoms with van der Waals surface area (Å²) in [7, 11) is 0. The molecule has 0 rings (SSSR count). The van der Waals surface area contributed by atoms with E-state index in [1.54, 1.807) is 0 Å². The molecule has 1 atom stereocenters. The summed E-state index contributed by atoms with van der Waals surface area (Å²) in [5.41, 5.74) is -1.78. The van der Waals surface area contributed by atoms with Crippen LogP contribution in [-0.2, 0) is 4.79 Å². The number of carbonyl (C=O) groups is 1. The minimum absolute atomic E-state index is 0.135. The standard InChI is InChI=1S/C12H9F13O2/c1-4(6(26)27)3-7(14,15)9(18,19)11(22,23)12(24,25)10(20,21)8(16,17)5(2)13/h3,5H,1-2H3,(H,26,27)/b4-3+. The van der Waals surface area contributed by atoms with Crippen molar-refractivity contribution in [3.8, 4) is 0 Å². The van der Waals surface area contributed by atoms with Crippen molar-refractivity contribution < 1.29 is 67.0 Å². The van der Waals surface area contributed by atoms with E-state index in [0.717, 1.165) is 0 Å². The summed E-state index contributed by atoms with van der Waals surface area (Å²) in [4.78, 5) is 10.3. The van der Waals surface area contributed by atoms with Crippen LogP contribution in [0.25, 0.3) is 0 Å². The molecule has 0 fully saturated rings. The van der Waals surface area contributed by atoms with Gasteiger partial charge in [-0.15, -0.1) is 0 Å². The molecule has 0 saturated heterocycles. The Balaban J connectivity index is 6.52. The van der Waals surface area contributed by atoms with Gasteiger partial charge in [0.1, 0.15) is 0 Å². The highest BCUT2D eigenvalue weighted by molar-refractivity contribution is 5.86. The Morgan fingerprint density at radius 1 is 0.778 bits per heavy atom. The molecule has 160 valence electrons. The van der Waals surface area contributed by atoms with E-state index >= 15 is 0 Å².